The van der Waals surface area contributed by atoms with Crippen molar-refractivity contribution in [2.24, 2.45) is 0 Å². The predicted molar refractivity (Wildman–Crippen MR) is 177 cm³/mol. The summed E-state index contributed by atoms with van der Waals surface area (Å²) in [6.07, 6.45) is 0. The minimum Gasteiger partial charge on any atom is -0.456 e. The molecule has 0 N–H and O–H groups in total. The van der Waals surface area contributed by atoms with Crippen LogP contribution in [0.3, 0.4) is 0 Å². The van der Waals surface area contributed by atoms with Crippen LogP contribution in [0.15, 0.2) is 138 Å². The minimum atomic E-state index is -3.15. The summed E-state index contributed by atoms with van der Waals surface area (Å²) in [5.41, 5.74) is -3.85. The van der Waals surface area contributed by atoms with Crippen molar-refractivity contribution in [3.05, 3.63) is 144 Å². The van der Waals surface area contributed by atoms with Gasteiger partial charge in [-0.15, -0.1) is 0 Å². The molecule has 1 aromatic heterocycles. The maximum absolute atomic E-state index is 9.86. The van der Waals surface area contributed by atoms with Gasteiger partial charge in [-0.1, -0.05) is 123 Å². The molecule has 42 heavy (non-hydrogen) atoms. The van der Waals surface area contributed by atoms with Gasteiger partial charge in [0.25, 0.3) is 0 Å². The molecule has 0 fully saturated rings. The maximum atomic E-state index is 9.86. The Hall–Kier alpha value is -5.14. The van der Waals surface area contributed by atoms with Crippen molar-refractivity contribution in [3.8, 4) is 33.4 Å². The van der Waals surface area contributed by atoms with Gasteiger partial charge >= 0.3 is 0 Å². The van der Waals surface area contributed by atoms with E-state index in [2.05, 4.69) is 0 Å². The third kappa shape index (κ3) is 3.14. The average molecular weight is 555 g/mol. The molecule has 1 unspecified atom stereocenters. The van der Waals surface area contributed by atoms with E-state index in [1.54, 1.807) is 36.4 Å². The highest BCUT2D eigenvalue weighted by molar-refractivity contribution is 6.22. The molecule has 1 atom stereocenters. The Morgan fingerprint density at radius 3 is 1.93 bits per heavy atom. The highest BCUT2D eigenvalue weighted by Gasteiger charge is 2.35. The molecule has 0 bridgehead atoms. The summed E-state index contributed by atoms with van der Waals surface area (Å²) < 4.78 is 168. The van der Waals surface area contributed by atoms with Crippen LogP contribution in [0.1, 0.15) is 49.6 Å². The van der Waals surface area contributed by atoms with E-state index in [9.17, 15) is 9.60 Å². The molecule has 1 nitrogen and oxygen atoms in total. The lowest BCUT2D eigenvalue weighted by Crippen LogP contribution is -2.14. The van der Waals surface area contributed by atoms with Gasteiger partial charge in [0, 0.05) is 20.3 Å². The number of para-hydroxylation sites is 1. The Morgan fingerprint density at radius 1 is 0.571 bits per heavy atom. The lowest BCUT2D eigenvalue weighted by molar-refractivity contribution is 0.660. The molecule has 9 rings (SSSR count). The standard InChI is InChI=1S/C41H28O/c1-41(2)35-17-9-7-11-27(35)28-21-19-26(24-36(28)41)40-32-15-5-3-13-30(32)39(31-14-4-6-16-33(31)40)25-20-22-38-34(23-25)29-12-8-10-18-37(29)42-38/h3-24H,1-2H3/i1D3,3D,4D,5D,6D,7D,9D,11D,13D,14D,15D,16D,17D,19D,21D,24D. The van der Waals surface area contributed by atoms with Crippen LogP contribution < -0.4 is 0 Å². The van der Waals surface area contributed by atoms with Crippen LogP contribution in [-0.4, -0.2) is 0 Å². The van der Waals surface area contributed by atoms with Crippen LogP contribution in [0.2, 0.25) is 0 Å². The Morgan fingerprint density at radius 2 is 1.19 bits per heavy atom. The molecule has 0 radical (unpaired) electrons. The molecule has 1 heteroatoms. The number of furan rings is 1. The van der Waals surface area contributed by atoms with Gasteiger partial charge in [0.05, 0.1) is 20.6 Å². The second-order valence-electron chi connectivity index (χ2n) is 10.4. The summed E-state index contributed by atoms with van der Waals surface area (Å²) in [4.78, 5) is 0. The number of hydrogen-bond acceptors (Lipinski definition) is 1. The van der Waals surface area contributed by atoms with E-state index in [-0.39, 0.29) is 38.2 Å². The van der Waals surface area contributed by atoms with Gasteiger partial charge < -0.3 is 4.42 Å². The highest BCUT2D eigenvalue weighted by atomic mass is 16.3. The average Bonchev–Trinajstić information content (AvgIpc) is 3.73. The fourth-order valence-corrected chi connectivity index (χ4v) is 6.14. The third-order valence-electron chi connectivity index (χ3n) is 8.04. The van der Waals surface area contributed by atoms with E-state index < -0.39 is 131 Å². The summed E-state index contributed by atoms with van der Waals surface area (Å²) in [6.45, 7) is -1.99. The van der Waals surface area contributed by atoms with Crippen molar-refractivity contribution in [1.82, 2.24) is 0 Å². The first-order valence-electron chi connectivity index (χ1n) is 22.2. The quantitative estimate of drug-likeness (QED) is 0.194. The molecule has 1 aliphatic carbocycles. The number of benzene rings is 7. The second kappa shape index (κ2) is 8.44. The van der Waals surface area contributed by atoms with Gasteiger partial charge in [-0.3, -0.25) is 0 Å². The molecular formula is C41H28O. The lowest BCUT2D eigenvalue weighted by Gasteiger charge is -2.23. The van der Waals surface area contributed by atoms with Crippen LogP contribution in [0.4, 0.5) is 0 Å². The minimum absolute atomic E-state index is 0.0244. The van der Waals surface area contributed by atoms with E-state index >= 15 is 0 Å². The van der Waals surface area contributed by atoms with E-state index in [0.717, 1.165) is 6.92 Å². The molecule has 0 spiro atoms. The zero-order chi connectivity index (χ0) is 43.6. The van der Waals surface area contributed by atoms with Crippen molar-refractivity contribution >= 4 is 43.5 Å². The third-order valence-corrected chi connectivity index (χ3v) is 8.04. The first kappa shape index (κ1) is 12.0. The van der Waals surface area contributed by atoms with Gasteiger partial charge in [0.2, 0.25) is 0 Å². The van der Waals surface area contributed by atoms with E-state index in [1.165, 1.54) is 0 Å². The molecule has 0 saturated heterocycles. The zero-order valence-electron chi connectivity index (χ0n) is 39.9. The van der Waals surface area contributed by atoms with Crippen molar-refractivity contribution in [3.63, 3.8) is 0 Å². The second-order valence-corrected chi connectivity index (χ2v) is 10.4. The molecule has 0 aliphatic heterocycles. The molecule has 0 amide bonds. The first-order valence-corrected chi connectivity index (χ1v) is 13.2. The van der Waals surface area contributed by atoms with E-state index in [4.69, 9.17) is 19.5 Å². The number of fused-ring (bicyclic) bond motifs is 8. The van der Waals surface area contributed by atoms with Crippen LogP contribution >= 0.6 is 0 Å². The largest absolute Gasteiger partial charge is 0.456 e. The van der Waals surface area contributed by atoms with Gasteiger partial charge in [-0.25, -0.2) is 0 Å². The van der Waals surface area contributed by atoms with Crippen molar-refractivity contribution in [2.45, 2.75) is 19.2 Å². The van der Waals surface area contributed by atoms with Crippen LogP contribution in [-0.2, 0) is 5.41 Å². The van der Waals surface area contributed by atoms with Crippen LogP contribution in [0.5, 0.6) is 0 Å². The Labute approximate surface area is 270 Å². The zero-order valence-corrected chi connectivity index (χ0v) is 21.9. The molecule has 7 aromatic carbocycles. The lowest BCUT2D eigenvalue weighted by atomic mass is 9.80. The smallest absolute Gasteiger partial charge is 0.135 e. The number of rotatable bonds is 2. The molecule has 1 aliphatic rings. The molecule has 198 valence electrons. The normalized spacial score (nSPS) is 22.3. The molecule has 8 aromatic rings. The summed E-state index contributed by atoms with van der Waals surface area (Å²) in [6, 6.07) is 1.22. The van der Waals surface area contributed by atoms with Crippen LogP contribution in [0, 0.1) is 0 Å². The summed E-state index contributed by atoms with van der Waals surface area (Å²) >= 11 is 0. The van der Waals surface area contributed by atoms with Crippen molar-refractivity contribution in [2.75, 3.05) is 0 Å². The Kier molecular flexibility index (Phi) is 2.41. The van der Waals surface area contributed by atoms with Gasteiger partial charge in [-0.2, -0.15) is 0 Å². The van der Waals surface area contributed by atoms with E-state index in [1.807, 2.05) is 6.07 Å². The monoisotopic (exact) mass is 554 g/mol. The van der Waals surface area contributed by atoms with Gasteiger partial charge in [0.1, 0.15) is 11.2 Å². The Balaban J connectivity index is 1.56. The van der Waals surface area contributed by atoms with Gasteiger partial charge in [0.15, 0.2) is 0 Å². The number of hydrogen-bond donors (Lipinski definition) is 0. The Bertz CT molecular complexity index is 3250. The molecular weight excluding hydrogens is 508 g/mol. The molecule has 1 heterocycles. The van der Waals surface area contributed by atoms with E-state index in [0.29, 0.717) is 21.9 Å². The van der Waals surface area contributed by atoms with Crippen LogP contribution in [0.25, 0.3) is 76.9 Å². The molecule has 0 saturated carbocycles. The first-order chi connectivity index (χ1) is 28.1. The summed E-state index contributed by atoms with van der Waals surface area (Å²) in [7, 11) is 0. The topological polar surface area (TPSA) is 13.1 Å². The SMILES string of the molecule is [2H]c1c([2H])c([2H])c2c(c1[2H])-c1c([2H])c([2H])c(-c3c4c([2H])c([2H])c([2H])c([2H])c4c(-c4ccc5oc6ccccc6c5c4)c4c([2H])c([2H])c([2H])c([2H])c34)c([2H])c1C2(C)C([2H])([2H])[2H]. The van der Waals surface area contributed by atoms with Crippen molar-refractivity contribution in [1.29, 1.82) is 0 Å². The van der Waals surface area contributed by atoms with Crippen molar-refractivity contribution < 1.29 is 29.1 Å². The highest BCUT2D eigenvalue weighted by Crippen LogP contribution is 2.51. The predicted octanol–water partition coefficient (Wildman–Crippen LogP) is 11.5. The summed E-state index contributed by atoms with van der Waals surface area (Å²) in [5, 5.41) is 0.0557. The fourth-order valence-electron chi connectivity index (χ4n) is 6.14. The fraction of sp³-hybridized carbons (Fsp3) is 0.0732. The maximum Gasteiger partial charge on any atom is 0.135 e. The summed E-state index contributed by atoms with van der Waals surface area (Å²) in [5.74, 6) is 0. The van der Waals surface area contributed by atoms with Gasteiger partial charge in [-0.05, 0) is 90.3 Å².